The van der Waals surface area contributed by atoms with Crippen molar-refractivity contribution in [3.05, 3.63) is 5.01 Å². The summed E-state index contributed by atoms with van der Waals surface area (Å²) in [5.74, 6) is 1.32. The summed E-state index contributed by atoms with van der Waals surface area (Å²) in [6.07, 6.45) is 8.39. The van der Waals surface area contributed by atoms with E-state index in [1.807, 2.05) is 31.9 Å². The highest BCUT2D eigenvalue weighted by atomic mass is 32.2. The third kappa shape index (κ3) is 7.23. The van der Waals surface area contributed by atoms with Gasteiger partial charge in [0.25, 0.3) is 0 Å². The number of rotatable bonds is 7. The molecule has 2 heterocycles. The highest BCUT2D eigenvalue weighted by Gasteiger charge is 2.31. The number of amides is 2. The lowest BCUT2D eigenvalue weighted by Gasteiger charge is -2.36. The Morgan fingerprint density at radius 1 is 1.16 bits per heavy atom. The Balaban J connectivity index is 1.54. The molecule has 1 N–H and O–H groups in total. The third-order valence-electron chi connectivity index (χ3n) is 5.85. The molecule has 0 radical (unpaired) electrons. The van der Waals surface area contributed by atoms with Gasteiger partial charge in [0.2, 0.25) is 11.0 Å². The van der Waals surface area contributed by atoms with Crippen LogP contribution in [0.1, 0.15) is 70.2 Å². The van der Waals surface area contributed by atoms with Gasteiger partial charge in [0.15, 0.2) is 0 Å². The molecule has 1 aliphatic heterocycles. The van der Waals surface area contributed by atoms with Crippen molar-refractivity contribution in [3.8, 4) is 0 Å². The van der Waals surface area contributed by atoms with Crippen LogP contribution in [0.2, 0.25) is 0 Å². The van der Waals surface area contributed by atoms with Crippen molar-refractivity contribution in [1.29, 1.82) is 0 Å². The monoisotopic (exact) mass is 483 g/mol. The number of thioether (sulfide) groups is 1. The summed E-state index contributed by atoms with van der Waals surface area (Å²) in [5.41, 5.74) is -0.596. The zero-order valence-corrected chi connectivity index (χ0v) is 21.4. The molecule has 1 aromatic heterocycles. The fraction of sp³-hybridized carbons (Fsp3) is 0.818. The summed E-state index contributed by atoms with van der Waals surface area (Å²) in [4.78, 5) is 29.5. The highest BCUT2D eigenvalue weighted by molar-refractivity contribution is 7.98. The molecule has 0 bridgehead atoms. The number of anilines is 1. The number of hydrogen-bond acceptors (Lipinski definition) is 8. The molecule has 1 saturated heterocycles. The van der Waals surface area contributed by atoms with E-state index in [-0.39, 0.29) is 5.91 Å². The van der Waals surface area contributed by atoms with Crippen LogP contribution in [0.5, 0.6) is 0 Å². The number of nitrogens with one attached hydrogen (secondary N) is 1. The molecule has 180 valence electrons. The van der Waals surface area contributed by atoms with Gasteiger partial charge in [0.1, 0.15) is 16.7 Å². The molecular weight excluding hydrogens is 446 g/mol. The zero-order chi connectivity index (χ0) is 23.1. The molecule has 2 fully saturated rings. The van der Waals surface area contributed by atoms with Crippen LogP contribution in [0.4, 0.5) is 9.93 Å². The van der Waals surface area contributed by atoms with Crippen molar-refractivity contribution >= 4 is 40.2 Å². The standard InChI is InChI=1S/C22H37N5O3S2/c1-22(2,3)30-21(29)23-17(10-15-31-4)19(28)26-11-13-27(14-12-26)20-25-24-18(32-20)16-8-6-5-7-9-16/h16-17H,5-15H2,1-4H3,(H,23,29). The van der Waals surface area contributed by atoms with Crippen LogP contribution in [-0.2, 0) is 9.53 Å². The molecular formula is C22H37N5O3S2. The Morgan fingerprint density at radius 2 is 1.84 bits per heavy atom. The van der Waals surface area contributed by atoms with Crippen LogP contribution < -0.4 is 10.2 Å². The number of piperazine rings is 1. The van der Waals surface area contributed by atoms with E-state index < -0.39 is 17.7 Å². The molecule has 1 aromatic rings. The van der Waals surface area contributed by atoms with Gasteiger partial charge >= 0.3 is 6.09 Å². The molecule has 0 aromatic carbocycles. The lowest BCUT2D eigenvalue weighted by Crippen LogP contribution is -2.55. The van der Waals surface area contributed by atoms with Crippen molar-refractivity contribution in [2.75, 3.05) is 43.1 Å². The van der Waals surface area contributed by atoms with E-state index in [1.54, 1.807) is 23.1 Å². The second-order valence-corrected chi connectivity index (χ2v) is 11.5. The highest BCUT2D eigenvalue weighted by Crippen LogP contribution is 2.36. The van der Waals surface area contributed by atoms with E-state index >= 15 is 0 Å². The van der Waals surface area contributed by atoms with Gasteiger partial charge in [-0.15, -0.1) is 10.2 Å². The maximum atomic E-state index is 13.2. The molecule has 10 heteroatoms. The van der Waals surface area contributed by atoms with Gasteiger partial charge in [-0.25, -0.2) is 4.79 Å². The molecule has 2 aliphatic rings. The molecule has 32 heavy (non-hydrogen) atoms. The van der Waals surface area contributed by atoms with Gasteiger partial charge in [-0.2, -0.15) is 11.8 Å². The number of carbonyl (C=O) groups excluding carboxylic acids is 2. The quantitative estimate of drug-likeness (QED) is 0.630. The van der Waals surface area contributed by atoms with Gasteiger partial charge in [0.05, 0.1) is 0 Å². The summed E-state index contributed by atoms with van der Waals surface area (Å²) in [7, 11) is 0. The predicted octanol–water partition coefficient (Wildman–Crippen LogP) is 3.88. The van der Waals surface area contributed by atoms with Gasteiger partial charge in [-0.1, -0.05) is 30.6 Å². The Hall–Kier alpha value is -1.55. The smallest absolute Gasteiger partial charge is 0.408 e. The second-order valence-electron chi connectivity index (χ2n) is 9.55. The van der Waals surface area contributed by atoms with E-state index in [0.29, 0.717) is 25.4 Å². The lowest BCUT2D eigenvalue weighted by molar-refractivity contribution is -0.133. The molecule has 2 amide bonds. The Morgan fingerprint density at radius 3 is 2.47 bits per heavy atom. The number of alkyl carbamates (subject to hydrolysis) is 1. The van der Waals surface area contributed by atoms with Crippen LogP contribution in [0.3, 0.4) is 0 Å². The summed E-state index contributed by atoms with van der Waals surface area (Å²) in [6, 6.07) is -0.566. The maximum Gasteiger partial charge on any atom is 0.408 e. The summed E-state index contributed by atoms with van der Waals surface area (Å²) in [5, 5.41) is 13.8. The van der Waals surface area contributed by atoms with Crippen LogP contribution in [-0.4, -0.2) is 76.9 Å². The summed E-state index contributed by atoms with van der Waals surface area (Å²) < 4.78 is 5.36. The molecule has 1 saturated carbocycles. The van der Waals surface area contributed by atoms with Gasteiger partial charge in [-0.05, 0) is 52.0 Å². The maximum absolute atomic E-state index is 13.2. The number of aromatic nitrogens is 2. The summed E-state index contributed by atoms with van der Waals surface area (Å²) >= 11 is 3.37. The van der Waals surface area contributed by atoms with E-state index in [0.717, 1.165) is 29.0 Å². The van der Waals surface area contributed by atoms with E-state index in [2.05, 4.69) is 20.4 Å². The van der Waals surface area contributed by atoms with Crippen molar-refractivity contribution < 1.29 is 14.3 Å². The first-order valence-corrected chi connectivity index (χ1v) is 13.8. The number of carbonyl (C=O) groups is 2. The minimum absolute atomic E-state index is 0.0373. The second kappa shape index (κ2) is 11.5. The average Bonchev–Trinajstić information content (AvgIpc) is 3.26. The van der Waals surface area contributed by atoms with Gasteiger partial charge < -0.3 is 19.9 Å². The normalized spacial score (nSPS) is 19.0. The number of hydrogen-bond donors (Lipinski definition) is 1. The largest absolute Gasteiger partial charge is 0.444 e. The van der Waals surface area contributed by atoms with Crippen LogP contribution >= 0.6 is 23.1 Å². The fourth-order valence-corrected chi connectivity index (χ4v) is 5.69. The Bertz CT molecular complexity index is 753. The van der Waals surface area contributed by atoms with Gasteiger partial charge in [-0.3, -0.25) is 4.79 Å². The van der Waals surface area contributed by atoms with Crippen molar-refractivity contribution in [2.45, 2.75) is 76.9 Å². The molecule has 0 spiro atoms. The topological polar surface area (TPSA) is 87.7 Å². The zero-order valence-electron chi connectivity index (χ0n) is 19.8. The van der Waals surface area contributed by atoms with Gasteiger partial charge in [0, 0.05) is 32.1 Å². The fourth-order valence-electron chi connectivity index (χ4n) is 4.15. The van der Waals surface area contributed by atoms with Crippen LogP contribution in [0.25, 0.3) is 0 Å². The first-order chi connectivity index (χ1) is 15.3. The Labute approximate surface area is 199 Å². The van der Waals surface area contributed by atoms with Crippen molar-refractivity contribution in [1.82, 2.24) is 20.4 Å². The average molecular weight is 484 g/mol. The third-order valence-corrected chi connectivity index (χ3v) is 7.64. The predicted molar refractivity (Wildman–Crippen MR) is 131 cm³/mol. The van der Waals surface area contributed by atoms with Crippen molar-refractivity contribution in [2.24, 2.45) is 0 Å². The minimum Gasteiger partial charge on any atom is -0.444 e. The first-order valence-electron chi connectivity index (χ1n) is 11.6. The lowest BCUT2D eigenvalue weighted by atomic mass is 9.90. The first kappa shape index (κ1) is 25.1. The Kier molecular flexibility index (Phi) is 9.04. The van der Waals surface area contributed by atoms with Crippen molar-refractivity contribution in [3.63, 3.8) is 0 Å². The summed E-state index contributed by atoms with van der Waals surface area (Å²) in [6.45, 7) is 8.14. The number of ether oxygens (including phenoxy) is 1. The van der Waals surface area contributed by atoms with E-state index in [4.69, 9.17) is 4.74 Å². The minimum atomic E-state index is -0.596. The van der Waals surface area contributed by atoms with Crippen LogP contribution in [0, 0.1) is 0 Å². The SMILES string of the molecule is CSCCC(NC(=O)OC(C)(C)C)C(=O)N1CCN(c2nnc(C3CCCCC3)s2)CC1. The van der Waals surface area contributed by atoms with E-state index in [1.165, 1.54) is 32.1 Å². The molecule has 1 atom stereocenters. The molecule has 3 rings (SSSR count). The van der Waals surface area contributed by atoms with E-state index in [9.17, 15) is 9.59 Å². The molecule has 8 nitrogen and oxygen atoms in total. The number of nitrogens with zero attached hydrogens (tertiary/aromatic N) is 4. The molecule has 1 aliphatic carbocycles. The molecule has 1 unspecified atom stereocenters. The van der Waals surface area contributed by atoms with Crippen LogP contribution in [0.15, 0.2) is 0 Å².